The van der Waals surface area contributed by atoms with Crippen molar-refractivity contribution in [2.75, 3.05) is 0 Å². The number of ether oxygens (including phenoxy) is 2. The molecule has 0 spiro atoms. The number of carbonyl (C=O) groups is 1. The van der Waals surface area contributed by atoms with Gasteiger partial charge in [-0.3, -0.25) is 4.79 Å². The quantitative estimate of drug-likeness (QED) is 0.132. The Kier molecular flexibility index (Phi) is 10.2. The topological polar surface area (TPSA) is 35.5 Å². The van der Waals surface area contributed by atoms with Crippen LogP contribution in [0.25, 0.3) is 0 Å². The van der Waals surface area contributed by atoms with Crippen molar-refractivity contribution >= 4 is 5.97 Å². The molecule has 7 heteroatoms. The molecule has 3 aliphatic rings. The highest BCUT2D eigenvalue weighted by atomic mass is 19.3. The fourth-order valence-corrected chi connectivity index (χ4v) is 7.52. The van der Waals surface area contributed by atoms with Crippen LogP contribution in [-0.2, 0) is 4.79 Å². The van der Waals surface area contributed by atoms with E-state index in [0.29, 0.717) is 12.3 Å². The molecule has 3 fully saturated rings. The van der Waals surface area contributed by atoms with Crippen molar-refractivity contribution < 1.29 is 31.8 Å². The number of benzene rings is 1. The Balaban J connectivity index is 1.28. The number of esters is 1. The van der Waals surface area contributed by atoms with E-state index in [1.54, 1.807) is 0 Å². The number of hydrogen-bond donors (Lipinski definition) is 0. The second-order valence-electron chi connectivity index (χ2n) is 11.7. The molecule has 4 unspecified atom stereocenters. The molecular weight excluding hydrogens is 484 g/mol. The fourth-order valence-electron chi connectivity index (χ4n) is 7.52. The van der Waals surface area contributed by atoms with E-state index in [4.69, 9.17) is 4.74 Å². The van der Waals surface area contributed by atoms with Gasteiger partial charge in [-0.1, -0.05) is 64.7 Å². The van der Waals surface area contributed by atoms with Crippen molar-refractivity contribution in [2.45, 2.75) is 110 Å². The molecule has 0 saturated heterocycles. The van der Waals surface area contributed by atoms with E-state index in [1.165, 1.54) is 64.2 Å². The van der Waals surface area contributed by atoms with Gasteiger partial charge in [0.1, 0.15) is 5.75 Å². The third-order valence-electron chi connectivity index (χ3n) is 9.41. The van der Waals surface area contributed by atoms with Crippen molar-refractivity contribution in [1.29, 1.82) is 0 Å². The highest BCUT2D eigenvalue weighted by Crippen LogP contribution is 2.50. The smallest absolute Gasteiger partial charge is 0.387 e. The Hall–Kier alpha value is -1.79. The van der Waals surface area contributed by atoms with Crippen LogP contribution in [-0.4, -0.2) is 12.6 Å². The van der Waals surface area contributed by atoms with Gasteiger partial charge in [0.05, 0.1) is 5.92 Å². The molecular formula is C30H42F4O3. The summed E-state index contributed by atoms with van der Waals surface area (Å²) in [5.74, 6) is -1.70. The molecule has 3 nitrogen and oxygen atoms in total. The van der Waals surface area contributed by atoms with Crippen LogP contribution in [0.3, 0.4) is 0 Å². The summed E-state index contributed by atoms with van der Waals surface area (Å²) in [7, 11) is 0. The maximum Gasteiger partial charge on any atom is 0.387 e. The van der Waals surface area contributed by atoms with Crippen LogP contribution in [0, 0.1) is 47.1 Å². The van der Waals surface area contributed by atoms with E-state index >= 15 is 0 Å². The lowest BCUT2D eigenvalue weighted by Gasteiger charge is -2.46. The first kappa shape index (κ1) is 28.2. The van der Waals surface area contributed by atoms with Crippen LogP contribution in [0.4, 0.5) is 17.6 Å². The predicted octanol–water partition coefficient (Wildman–Crippen LogP) is 9.08. The minimum atomic E-state index is -3.35. The van der Waals surface area contributed by atoms with Gasteiger partial charge < -0.3 is 9.47 Å². The highest BCUT2D eigenvalue weighted by molar-refractivity contribution is 5.75. The van der Waals surface area contributed by atoms with E-state index in [-0.39, 0.29) is 17.6 Å². The molecule has 0 aliphatic heterocycles. The number of rotatable bonds is 10. The molecule has 3 aliphatic carbocycles. The number of unbranched alkanes of at least 4 members (excludes halogenated alkanes) is 3. The molecule has 1 aromatic carbocycles. The minimum absolute atomic E-state index is 0.239. The Morgan fingerprint density at radius 3 is 2.27 bits per heavy atom. The molecule has 4 rings (SSSR count). The average molecular weight is 527 g/mol. The molecule has 37 heavy (non-hydrogen) atoms. The van der Waals surface area contributed by atoms with E-state index in [2.05, 4.69) is 11.7 Å². The molecule has 3 saturated carbocycles. The molecule has 0 radical (unpaired) electrons. The zero-order chi connectivity index (χ0) is 26.4. The first-order valence-corrected chi connectivity index (χ1v) is 14.5. The molecule has 0 aromatic heterocycles. The molecule has 1 aromatic rings. The summed E-state index contributed by atoms with van der Waals surface area (Å²) < 4.78 is 62.2. The Bertz CT molecular complexity index is 861. The molecule has 4 atom stereocenters. The summed E-state index contributed by atoms with van der Waals surface area (Å²) in [5, 5.41) is 0. The number of fused-ring (bicyclic) bond motifs is 1. The minimum Gasteiger partial charge on any atom is -0.429 e. The third-order valence-corrected chi connectivity index (χ3v) is 9.41. The first-order valence-electron chi connectivity index (χ1n) is 14.5. The SMILES string of the molecule is CCCCCCC1CCC(C2CCC3C(CCCC3C(=O)Oc3cc(F)c(OC(F)F)c(F)c3)C2)CC1. The standard InChI is InChI=1S/C30H42F4O3/c1-2-3-4-5-7-19-10-12-20(13-11-19)21-14-15-24-22(16-21)8-6-9-25(24)29(35)36-23-17-26(31)28(27(32)18-23)37-30(33)34/h17-22,24-25,30H,2-16H2,1H3. The number of hydrogen-bond acceptors (Lipinski definition) is 3. The van der Waals surface area contributed by atoms with Crippen LogP contribution >= 0.6 is 0 Å². The van der Waals surface area contributed by atoms with Crippen LogP contribution in [0.1, 0.15) is 103 Å². The molecule has 0 heterocycles. The Labute approximate surface area is 218 Å². The Morgan fingerprint density at radius 2 is 1.59 bits per heavy atom. The van der Waals surface area contributed by atoms with Gasteiger partial charge in [0, 0.05) is 12.1 Å². The van der Waals surface area contributed by atoms with Gasteiger partial charge in [0.25, 0.3) is 0 Å². The van der Waals surface area contributed by atoms with Gasteiger partial charge in [-0.25, -0.2) is 8.78 Å². The molecule has 0 bridgehead atoms. The average Bonchev–Trinajstić information content (AvgIpc) is 2.88. The van der Waals surface area contributed by atoms with Gasteiger partial charge in [-0.05, 0) is 68.1 Å². The first-order chi connectivity index (χ1) is 17.9. The second kappa shape index (κ2) is 13.3. The van der Waals surface area contributed by atoms with Crippen molar-refractivity contribution in [3.05, 3.63) is 23.8 Å². The second-order valence-corrected chi connectivity index (χ2v) is 11.7. The van der Waals surface area contributed by atoms with Crippen LogP contribution < -0.4 is 9.47 Å². The summed E-state index contributed by atoms with van der Waals surface area (Å²) in [4.78, 5) is 13.0. The molecule has 0 N–H and O–H groups in total. The lowest BCUT2D eigenvalue weighted by molar-refractivity contribution is -0.144. The van der Waals surface area contributed by atoms with E-state index in [9.17, 15) is 22.4 Å². The monoisotopic (exact) mass is 526 g/mol. The van der Waals surface area contributed by atoms with Gasteiger partial charge in [-0.15, -0.1) is 0 Å². The highest BCUT2D eigenvalue weighted by Gasteiger charge is 2.43. The maximum atomic E-state index is 14.1. The van der Waals surface area contributed by atoms with Crippen molar-refractivity contribution in [3.63, 3.8) is 0 Å². The number of alkyl halides is 2. The zero-order valence-electron chi connectivity index (χ0n) is 22.0. The summed E-state index contributed by atoms with van der Waals surface area (Å²) in [6, 6.07) is 1.46. The molecule has 0 amide bonds. The summed E-state index contributed by atoms with van der Waals surface area (Å²) >= 11 is 0. The number of carbonyl (C=O) groups excluding carboxylic acids is 1. The van der Waals surface area contributed by atoms with Crippen LogP contribution in [0.2, 0.25) is 0 Å². The third kappa shape index (κ3) is 7.41. The maximum absolute atomic E-state index is 14.1. The lowest BCUT2D eigenvalue weighted by atomic mass is 9.59. The van der Waals surface area contributed by atoms with Crippen molar-refractivity contribution in [1.82, 2.24) is 0 Å². The largest absolute Gasteiger partial charge is 0.429 e. The summed E-state index contributed by atoms with van der Waals surface area (Å²) in [5.41, 5.74) is 0. The summed E-state index contributed by atoms with van der Waals surface area (Å²) in [6.45, 7) is -1.09. The van der Waals surface area contributed by atoms with E-state index in [0.717, 1.165) is 55.6 Å². The van der Waals surface area contributed by atoms with Crippen molar-refractivity contribution in [3.8, 4) is 11.5 Å². The summed E-state index contributed by atoms with van der Waals surface area (Å²) in [6.07, 6.45) is 18.3. The normalized spacial score (nSPS) is 30.1. The molecule has 208 valence electrons. The van der Waals surface area contributed by atoms with E-state index < -0.39 is 30.0 Å². The van der Waals surface area contributed by atoms with Gasteiger partial charge >= 0.3 is 12.6 Å². The van der Waals surface area contributed by atoms with Crippen LogP contribution in [0.5, 0.6) is 11.5 Å². The van der Waals surface area contributed by atoms with Crippen LogP contribution in [0.15, 0.2) is 12.1 Å². The predicted molar refractivity (Wildman–Crippen MR) is 134 cm³/mol. The van der Waals surface area contributed by atoms with Crippen molar-refractivity contribution in [2.24, 2.45) is 35.5 Å². The zero-order valence-corrected chi connectivity index (χ0v) is 22.0. The lowest BCUT2D eigenvalue weighted by Crippen LogP contribution is -2.40. The van der Waals surface area contributed by atoms with Gasteiger partial charge in [0.2, 0.25) is 0 Å². The van der Waals surface area contributed by atoms with Gasteiger partial charge in [0.15, 0.2) is 17.4 Å². The van der Waals surface area contributed by atoms with Gasteiger partial charge in [-0.2, -0.15) is 8.78 Å². The van der Waals surface area contributed by atoms with E-state index in [1.807, 2.05) is 0 Å². The Morgan fingerprint density at radius 1 is 0.892 bits per heavy atom. The number of halogens is 4. The fraction of sp³-hybridized carbons (Fsp3) is 0.767.